The Balaban J connectivity index is 2.11. The summed E-state index contributed by atoms with van der Waals surface area (Å²) >= 11 is 0. The molecule has 0 aromatic carbocycles. The quantitative estimate of drug-likeness (QED) is 0.756. The smallest absolute Gasteiger partial charge is 0.407 e. The van der Waals surface area contributed by atoms with Gasteiger partial charge in [0, 0.05) is 12.6 Å². The minimum atomic E-state index is -0.293. The minimum Gasteiger partial charge on any atom is -0.450 e. The van der Waals surface area contributed by atoms with Gasteiger partial charge in [-0.25, -0.2) is 4.79 Å². The Kier molecular flexibility index (Phi) is 5.47. The van der Waals surface area contributed by atoms with Gasteiger partial charge in [-0.1, -0.05) is 6.92 Å². The molecule has 1 atom stereocenters. The van der Waals surface area contributed by atoms with Gasteiger partial charge in [0.2, 0.25) is 0 Å². The summed E-state index contributed by atoms with van der Waals surface area (Å²) in [6, 6.07) is 0.650. The molecule has 1 heterocycles. The maximum absolute atomic E-state index is 11.0. The first-order valence-electron chi connectivity index (χ1n) is 5.92. The van der Waals surface area contributed by atoms with Crippen molar-refractivity contribution in [1.29, 1.82) is 0 Å². The van der Waals surface area contributed by atoms with Crippen LogP contribution in [0.15, 0.2) is 0 Å². The van der Waals surface area contributed by atoms with Crippen molar-refractivity contribution in [2.75, 3.05) is 26.2 Å². The highest BCUT2D eigenvalue weighted by Gasteiger charge is 2.22. The largest absolute Gasteiger partial charge is 0.450 e. The third-order valence-electron chi connectivity index (χ3n) is 2.93. The van der Waals surface area contributed by atoms with Crippen LogP contribution in [-0.4, -0.2) is 43.3 Å². The van der Waals surface area contributed by atoms with Crippen LogP contribution in [0.1, 0.15) is 33.1 Å². The number of rotatable bonds is 5. The van der Waals surface area contributed by atoms with Crippen molar-refractivity contribution in [3.8, 4) is 0 Å². The van der Waals surface area contributed by atoms with Crippen molar-refractivity contribution < 1.29 is 9.53 Å². The molecule has 1 amide bonds. The Morgan fingerprint density at radius 2 is 2.33 bits per heavy atom. The van der Waals surface area contributed by atoms with Crippen molar-refractivity contribution in [3.05, 3.63) is 0 Å². The SMILES string of the molecule is CCOC(=O)NCCC1CCCN1CC. The maximum Gasteiger partial charge on any atom is 0.407 e. The van der Waals surface area contributed by atoms with Gasteiger partial charge in [0.1, 0.15) is 0 Å². The summed E-state index contributed by atoms with van der Waals surface area (Å²) in [7, 11) is 0. The van der Waals surface area contributed by atoms with Crippen LogP contribution in [-0.2, 0) is 4.74 Å². The number of amides is 1. The molecule has 0 spiro atoms. The van der Waals surface area contributed by atoms with E-state index in [1.165, 1.54) is 19.4 Å². The maximum atomic E-state index is 11.0. The van der Waals surface area contributed by atoms with Crippen LogP contribution >= 0.6 is 0 Å². The first kappa shape index (κ1) is 12.3. The topological polar surface area (TPSA) is 41.6 Å². The molecule has 4 nitrogen and oxygen atoms in total. The molecule has 0 bridgehead atoms. The lowest BCUT2D eigenvalue weighted by Crippen LogP contribution is -2.34. The standard InChI is InChI=1S/C11H22N2O2/c1-3-13-9-5-6-10(13)7-8-12-11(14)15-4-2/h10H,3-9H2,1-2H3,(H,12,14). The number of alkyl carbamates (subject to hydrolysis) is 1. The summed E-state index contributed by atoms with van der Waals surface area (Å²) in [6.07, 6.45) is 3.29. The van der Waals surface area contributed by atoms with Crippen LogP contribution in [0.5, 0.6) is 0 Å². The predicted octanol–water partition coefficient (Wildman–Crippen LogP) is 1.61. The van der Waals surface area contributed by atoms with E-state index in [1.54, 1.807) is 0 Å². The van der Waals surface area contributed by atoms with E-state index in [4.69, 9.17) is 4.74 Å². The monoisotopic (exact) mass is 214 g/mol. The Labute approximate surface area is 92.0 Å². The number of nitrogens with one attached hydrogen (secondary N) is 1. The summed E-state index contributed by atoms with van der Waals surface area (Å²) in [4.78, 5) is 13.5. The molecule has 1 rings (SSSR count). The Morgan fingerprint density at radius 1 is 1.53 bits per heavy atom. The number of nitrogens with zero attached hydrogens (tertiary/aromatic N) is 1. The molecule has 0 saturated carbocycles. The summed E-state index contributed by atoms with van der Waals surface area (Å²) in [5.74, 6) is 0. The van der Waals surface area contributed by atoms with Crippen molar-refractivity contribution in [2.45, 2.75) is 39.2 Å². The zero-order valence-corrected chi connectivity index (χ0v) is 9.79. The van der Waals surface area contributed by atoms with Gasteiger partial charge in [-0.2, -0.15) is 0 Å². The fourth-order valence-electron chi connectivity index (χ4n) is 2.16. The Hall–Kier alpha value is -0.770. The second-order valence-electron chi connectivity index (χ2n) is 3.86. The number of carbonyl (C=O) groups excluding carboxylic acids is 1. The van der Waals surface area contributed by atoms with Gasteiger partial charge >= 0.3 is 6.09 Å². The Bertz CT molecular complexity index is 197. The first-order chi connectivity index (χ1) is 7.27. The summed E-state index contributed by atoms with van der Waals surface area (Å²) in [5.41, 5.74) is 0. The summed E-state index contributed by atoms with van der Waals surface area (Å²) in [5, 5.41) is 2.77. The fraction of sp³-hybridized carbons (Fsp3) is 0.909. The van der Waals surface area contributed by atoms with Crippen LogP contribution in [0, 0.1) is 0 Å². The van der Waals surface area contributed by atoms with E-state index in [0.717, 1.165) is 19.5 Å². The van der Waals surface area contributed by atoms with E-state index < -0.39 is 0 Å². The molecule has 0 aromatic rings. The normalized spacial score (nSPS) is 21.6. The highest BCUT2D eigenvalue weighted by Crippen LogP contribution is 2.18. The molecule has 0 radical (unpaired) electrons. The lowest BCUT2D eigenvalue weighted by atomic mass is 10.1. The van der Waals surface area contributed by atoms with E-state index >= 15 is 0 Å². The van der Waals surface area contributed by atoms with E-state index in [9.17, 15) is 4.79 Å². The van der Waals surface area contributed by atoms with Crippen molar-refractivity contribution in [1.82, 2.24) is 10.2 Å². The first-order valence-corrected chi connectivity index (χ1v) is 5.92. The molecular formula is C11H22N2O2. The van der Waals surface area contributed by atoms with Gasteiger partial charge in [-0.3, -0.25) is 0 Å². The van der Waals surface area contributed by atoms with E-state index in [0.29, 0.717) is 12.6 Å². The van der Waals surface area contributed by atoms with Gasteiger partial charge in [0.05, 0.1) is 6.61 Å². The molecule has 1 N–H and O–H groups in total. The van der Waals surface area contributed by atoms with Crippen LogP contribution < -0.4 is 5.32 Å². The molecule has 88 valence electrons. The molecule has 1 aliphatic heterocycles. The van der Waals surface area contributed by atoms with Gasteiger partial charge in [0.15, 0.2) is 0 Å². The van der Waals surface area contributed by atoms with Crippen LogP contribution in [0.4, 0.5) is 4.79 Å². The zero-order chi connectivity index (χ0) is 11.1. The average Bonchev–Trinajstić information content (AvgIpc) is 2.66. The number of hydrogen-bond acceptors (Lipinski definition) is 3. The van der Waals surface area contributed by atoms with E-state index in [1.807, 2.05) is 6.92 Å². The van der Waals surface area contributed by atoms with Crippen LogP contribution in [0.3, 0.4) is 0 Å². The van der Waals surface area contributed by atoms with Crippen LogP contribution in [0.25, 0.3) is 0 Å². The molecule has 0 aromatic heterocycles. The van der Waals surface area contributed by atoms with Gasteiger partial charge in [-0.05, 0) is 39.3 Å². The van der Waals surface area contributed by atoms with E-state index in [2.05, 4.69) is 17.1 Å². The minimum absolute atomic E-state index is 0.293. The zero-order valence-electron chi connectivity index (χ0n) is 9.79. The van der Waals surface area contributed by atoms with Crippen molar-refractivity contribution in [3.63, 3.8) is 0 Å². The fourth-order valence-corrected chi connectivity index (χ4v) is 2.16. The van der Waals surface area contributed by atoms with E-state index in [-0.39, 0.29) is 6.09 Å². The highest BCUT2D eigenvalue weighted by atomic mass is 16.5. The molecule has 4 heteroatoms. The van der Waals surface area contributed by atoms with Gasteiger partial charge < -0.3 is 15.0 Å². The Morgan fingerprint density at radius 3 is 3.00 bits per heavy atom. The predicted molar refractivity (Wildman–Crippen MR) is 59.9 cm³/mol. The second-order valence-corrected chi connectivity index (χ2v) is 3.86. The molecule has 1 aliphatic rings. The second kappa shape index (κ2) is 6.67. The number of ether oxygens (including phenoxy) is 1. The van der Waals surface area contributed by atoms with Crippen LogP contribution in [0.2, 0.25) is 0 Å². The molecule has 1 saturated heterocycles. The summed E-state index contributed by atoms with van der Waals surface area (Å²) < 4.78 is 4.80. The van der Waals surface area contributed by atoms with Crippen molar-refractivity contribution >= 4 is 6.09 Å². The third-order valence-corrected chi connectivity index (χ3v) is 2.93. The highest BCUT2D eigenvalue weighted by molar-refractivity contribution is 5.66. The van der Waals surface area contributed by atoms with Crippen molar-refractivity contribution in [2.24, 2.45) is 0 Å². The molecule has 15 heavy (non-hydrogen) atoms. The molecule has 0 aliphatic carbocycles. The lowest BCUT2D eigenvalue weighted by molar-refractivity contribution is 0.150. The average molecular weight is 214 g/mol. The molecule has 1 fully saturated rings. The molecular weight excluding hydrogens is 192 g/mol. The number of carbonyl (C=O) groups is 1. The number of likely N-dealkylation sites (tertiary alicyclic amines) is 1. The van der Waals surface area contributed by atoms with Gasteiger partial charge in [-0.15, -0.1) is 0 Å². The summed E-state index contributed by atoms with van der Waals surface area (Å²) in [6.45, 7) is 7.49. The number of hydrogen-bond donors (Lipinski definition) is 1. The molecule has 1 unspecified atom stereocenters. The third kappa shape index (κ3) is 4.08. The van der Waals surface area contributed by atoms with Gasteiger partial charge in [0.25, 0.3) is 0 Å². The lowest BCUT2D eigenvalue weighted by Gasteiger charge is -2.22.